The highest BCUT2D eigenvalue weighted by atomic mass is 33.1. The van der Waals surface area contributed by atoms with E-state index >= 15 is 0 Å². The molecule has 322 valence electrons. The van der Waals surface area contributed by atoms with Crippen molar-refractivity contribution in [3.8, 4) is 0 Å². The molecule has 0 aliphatic rings. The lowest BCUT2D eigenvalue weighted by molar-refractivity contribution is -0.141. The van der Waals surface area contributed by atoms with Crippen LogP contribution >= 0.6 is 21.6 Å². The molecule has 0 heterocycles. The predicted octanol–water partition coefficient (Wildman–Crippen LogP) is 13.4. The quantitative estimate of drug-likeness (QED) is 0.0268. The van der Waals surface area contributed by atoms with E-state index in [9.17, 15) is 20.0 Å². The summed E-state index contributed by atoms with van der Waals surface area (Å²) in [6.45, 7) is 8.53. The van der Waals surface area contributed by atoms with Gasteiger partial charge >= 0.3 is 11.9 Å². The van der Waals surface area contributed by atoms with Gasteiger partial charge in [-0.05, 0) is 38.5 Å². The fraction of sp³-hybridized carbons (Fsp3) is 0.955. The maximum atomic E-state index is 12.0. The molecule has 0 spiro atoms. The van der Waals surface area contributed by atoms with Crippen LogP contribution in [0, 0.1) is 0 Å². The molecular weight excluding hydrogens is 717 g/mol. The van der Waals surface area contributed by atoms with Crippen molar-refractivity contribution in [1.29, 1.82) is 0 Å². The predicted molar refractivity (Wildman–Crippen MR) is 233 cm³/mol. The number of carbonyl (C=O) groups is 2. The average Bonchev–Trinajstić information content (AvgIpc) is 3.16. The highest BCUT2D eigenvalue weighted by molar-refractivity contribution is 8.77. The first-order valence-corrected chi connectivity index (χ1v) is 25.4. The molecule has 0 saturated carbocycles. The van der Waals surface area contributed by atoms with Crippen LogP contribution in [0.5, 0.6) is 0 Å². The van der Waals surface area contributed by atoms with E-state index in [-0.39, 0.29) is 23.4 Å². The van der Waals surface area contributed by atoms with Gasteiger partial charge in [0.05, 0.1) is 13.2 Å². The molecule has 0 rings (SSSR count). The first-order chi connectivity index (χ1) is 26.5. The number of carbonyl (C=O) groups excluding carboxylic acids is 2. The van der Waals surface area contributed by atoms with Crippen LogP contribution in [0.3, 0.4) is 0 Å². The second-order valence-electron chi connectivity index (χ2n) is 15.5. The van der Waals surface area contributed by atoms with E-state index < -0.39 is 0 Å². The first-order valence-electron chi connectivity index (χ1n) is 22.9. The van der Waals surface area contributed by atoms with Crippen LogP contribution in [0.25, 0.3) is 0 Å². The average molecular weight is 805 g/mol. The maximum Gasteiger partial charge on any atom is 0.316 e. The maximum absolute atomic E-state index is 12.0. The zero-order chi connectivity index (χ0) is 39.4. The van der Waals surface area contributed by atoms with E-state index in [0.29, 0.717) is 13.2 Å². The molecule has 0 aliphatic heterocycles. The lowest BCUT2D eigenvalue weighted by atomic mass is 10.1. The fourth-order valence-corrected chi connectivity index (χ4v) is 8.23. The molecule has 0 aromatic heterocycles. The van der Waals surface area contributed by atoms with Crippen LogP contribution in [0.15, 0.2) is 0 Å². The molecule has 0 aliphatic carbocycles. The third-order valence-corrected chi connectivity index (χ3v) is 12.2. The minimum absolute atomic E-state index is 0.230. The number of esters is 2. The summed E-state index contributed by atoms with van der Waals surface area (Å²) in [5.74, 6) is 0.0173. The number of hydrogen-bond acceptors (Lipinski definition) is 10. The number of ether oxygens (including phenoxy) is 2. The highest BCUT2D eigenvalue weighted by Gasteiger charge is 2.08. The van der Waals surface area contributed by atoms with Gasteiger partial charge in [-0.3, -0.25) is 9.59 Å². The molecule has 0 fully saturated rings. The van der Waals surface area contributed by atoms with Gasteiger partial charge in [0.1, 0.15) is 11.5 Å². The molecule has 0 unspecified atom stereocenters. The first kappa shape index (κ1) is 53.5. The van der Waals surface area contributed by atoms with Crippen LogP contribution in [-0.2, 0) is 19.1 Å². The summed E-state index contributed by atoms with van der Waals surface area (Å²) in [5.41, 5.74) is 0. The molecule has 0 aromatic carbocycles. The molecule has 0 aromatic rings. The Kier molecular flexibility index (Phi) is 44.8. The minimum Gasteiger partial charge on any atom is -0.465 e. The fourth-order valence-electron chi connectivity index (χ4n) is 6.63. The standard InChI is InChI=1S/C44H88N2O6S2/c1-3-5-7-9-11-13-15-17-23-29-35-45(49)37-31-25-19-21-27-33-39-51-43(47)41-53-54-42-44(48)52-40-34-28-22-20-26-32-38-46(50)36-30-24-18-16-14-12-10-8-6-4-2/h49-50H,3-42H2,1-2H3. The Bertz CT molecular complexity index is 719. The number of unbranched alkanes of at least 4 members (excludes halogenated alkanes) is 28. The van der Waals surface area contributed by atoms with Gasteiger partial charge in [-0.2, -0.15) is 10.1 Å². The van der Waals surface area contributed by atoms with Crippen LogP contribution < -0.4 is 0 Å². The Morgan fingerprint density at radius 3 is 0.852 bits per heavy atom. The second kappa shape index (κ2) is 45.2. The molecule has 54 heavy (non-hydrogen) atoms. The minimum atomic E-state index is -0.230. The zero-order valence-corrected chi connectivity index (χ0v) is 37.2. The molecule has 0 atom stereocenters. The molecule has 0 bridgehead atoms. The van der Waals surface area contributed by atoms with Gasteiger partial charge in [-0.1, -0.05) is 202 Å². The Morgan fingerprint density at radius 1 is 0.370 bits per heavy atom. The summed E-state index contributed by atoms with van der Waals surface area (Å²) in [6, 6.07) is 0. The third kappa shape index (κ3) is 44.2. The smallest absolute Gasteiger partial charge is 0.316 e. The van der Waals surface area contributed by atoms with Crippen LogP contribution in [0.1, 0.15) is 219 Å². The summed E-state index contributed by atoms with van der Waals surface area (Å²) in [7, 11) is 2.69. The third-order valence-electron chi connectivity index (χ3n) is 10.1. The highest BCUT2D eigenvalue weighted by Crippen LogP contribution is 2.21. The van der Waals surface area contributed by atoms with E-state index in [1.807, 2.05) is 0 Å². The van der Waals surface area contributed by atoms with Crippen molar-refractivity contribution in [1.82, 2.24) is 10.1 Å². The summed E-state index contributed by atoms with van der Waals surface area (Å²) in [6.07, 6.45) is 39.0. The van der Waals surface area contributed by atoms with Gasteiger partial charge in [0, 0.05) is 26.2 Å². The van der Waals surface area contributed by atoms with Gasteiger partial charge in [0.2, 0.25) is 0 Å². The van der Waals surface area contributed by atoms with E-state index in [1.54, 1.807) is 0 Å². The van der Waals surface area contributed by atoms with Gasteiger partial charge < -0.3 is 19.9 Å². The summed E-state index contributed by atoms with van der Waals surface area (Å²) in [4.78, 5) is 24.0. The van der Waals surface area contributed by atoms with Gasteiger partial charge in [0.15, 0.2) is 0 Å². The summed E-state index contributed by atoms with van der Waals surface area (Å²) >= 11 is 0. The van der Waals surface area contributed by atoms with E-state index in [4.69, 9.17) is 9.47 Å². The van der Waals surface area contributed by atoms with E-state index in [0.717, 1.165) is 116 Å². The lowest BCUT2D eigenvalue weighted by Crippen LogP contribution is -2.21. The normalized spacial score (nSPS) is 11.6. The van der Waals surface area contributed by atoms with Gasteiger partial charge in [-0.15, -0.1) is 0 Å². The molecule has 0 saturated heterocycles. The van der Waals surface area contributed by atoms with E-state index in [1.165, 1.54) is 147 Å². The molecule has 0 radical (unpaired) electrons. The molecule has 8 nitrogen and oxygen atoms in total. The Balaban J connectivity index is 3.36. The number of rotatable bonds is 45. The van der Waals surface area contributed by atoms with Crippen molar-refractivity contribution >= 4 is 33.5 Å². The molecule has 2 N–H and O–H groups in total. The van der Waals surface area contributed by atoms with Gasteiger partial charge in [-0.25, -0.2) is 0 Å². The van der Waals surface area contributed by atoms with Gasteiger partial charge in [0.25, 0.3) is 0 Å². The molecular formula is C44H88N2O6S2. The van der Waals surface area contributed by atoms with Crippen molar-refractivity contribution < 1.29 is 29.5 Å². The van der Waals surface area contributed by atoms with Crippen molar-refractivity contribution in [3.63, 3.8) is 0 Å². The number of nitrogens with zero attached hydrogens (tertiary/aromatic N) is 2. The Hall–Kier alpha value is -0.520. The summed E-state index contributed by atoms with van der Waals surface area (Å²) in [5, 5.41) is 23.2. The Labute approximate surface area is 342 Å². The van der Waals surface area contributed by atoms with Crippen LogP contribution in [0.2, 0.25) is 0 Å². The molecule has 0 amide bonds. The van der Waals surface area contributed by atoms with Crippen LogP contribution in [0.4, 0.5) is 0 Å². The van der Waals surface area contributed by atoms with Crippen molar-refractivity contribution in [2.45, 2.75) is 219 Å². The summed E-state index contributed by atoms with van der Waals surface area (Å²) < 4.78 is 10.7. The topological polar surface area (TPSA) is 99.5 Å². The number of hydrogen-bond donors (Lipinski definition) is 2. The number of hydroxylamine groups is 4. The van der Waals surface area contributed by atoms with Crippen molar-refractivity contribution in [2.24, 2.45) is 0 Å². The van der Waals surface area contributed by atoms with Crippen molar-refractivity contribution in [2.75, 3.05) is 50.9 Å². The zero-order valence-electron chi connectivity index (χ0n) is 35.5. The Morgan fingerprint density at radius 2 is 0.593 bits per heavy atom. The molecule has 10 heteroatoms. The van der Waals surface area contributed by atoms with E-state index in [2.05, 4.69) is 13.8 Å². The van der Waals surface area contributed by atoms with Crippen molar-refractivity contribution in [3.05, 3.63) is 0 Å². The monoisotopic (exact) mass is 805 g/mol. The second-order valence-corrected chi connectivity index (χ2v) is 17.9. The largest absolute Gasteiger partial charge is 0.465 e. The lowest BCUT2D eigenvalue weighted by Gasteiger charge is -2.14. The SMILES string of the molecule is CCCCCCCCCCCCN(O)CCCCCCCCOC(=O)CSSCC(=O)OCCCCCCCCN(O)CCCCCCCCCCCC. The van der Waals surface area contributed by atoms with Crippen LogP contribution in [-0.4, -0.2) is 83.4 Å².